The Kier molecular flexibility index (Phi) is 9.05. The minimum Gasteiger partial charge on any atom is -0.491 e. The highest BCUT2D eigenvalue weighted by Gasteiger charge is 2.25. The Morgan fingerprint density at radius 2 is 1.93 bits per heavy atom. The first-order chi connectivity index (χ1) is 14.8. The van der Waals surface area contributed by atoms with Gasteiger partial charge in [-0.2, -0.15) is 0 Å². The van der Waals surface area contributed by atoms with Gasteiger partial charge < -0.3 is 24.5 Å². The van der Waals surface area contributed by atoms with E-state index in [2.05, 4.69) is 28.5 Å². The van der Waals surface area contributed by atoms with E-state index < -0.39 is 0 Å². The fourth-order valence-electron chi connectivity index (χ4n) is 3.58. The number of ether oxygens (including phenoxy) is 2. The molecule has 1 atom stereocenters. The van der Waals surface area contributed by atoms with Gasteiger partial charge in [-0.05, 0) is 62.7 Å². The summed E-state index contributed by atoms with van der Waals surface area (Å²) in [5.74, 6) is 2.66. The second-order valence-corrected chi connectivity index (χ2v) is 7.34. The van der Waals surface area contributed by atoms with Gasteiger partial charge >= 0.3 is 0 Å². The Hall–Kier alpha value is -2.51. The molecule has 0 radical (unpaired) electrons. The second kappa shape index (κ2) is 12.2. The molecule has 0 aliphatic carbocycles. The molecule has 0 amide bonds. The third-order valence-electron chi connectivity index (χ3n) is 5.16. The largest absolute Gasteiger partial charge is 0.491 e. The summed E-state index contributed by atoms with van der Waals surface area (Å²) in [6.07, 6.45) is 4.24. The molecule has 1 unspecified atom stereocenters. The van der Waals surface area contributed by atoms with Crippen molar-refractivity contribution in [3.05, 3.63) is 54.0 Å². The van der Waals surface area contributed by atoms with Gasteiger partial charge in [0.2, 0.25) is 0 Å². The summed E-state index contributed by atoms with van der Waals surface area (Å²) < 4.78 is 16.3. The number of likely N-dealkylation sites (tertiary alicyclic amines) is 1. The maximum atomic E-state index is 5.71. The topological polar surface area (TPSA) is 71.3 Å². The first kappa shape index (κ1) is 22.2. The van der Waals surface area contributed by atoms with Gasteiger partial charge in [0.05, 0.1) is 25.5 Å². The molecule has 1 aromatic carbocycles. The van der Waals surface area contributed by atoms with Crippen molar-refractivity contribution >= 4 is 5.96 Å². The molecule has 0 bridgehead atoms. The van der Waals surface area contributed by atoms with Crippen molar-refractivity contribution in [3.8, 4) is 5.75 Å². The predicted octanol–water partition coefficient (Wildman–Crippen LogP) is 3.20. The van der Waals surface area contributed by atoms with E-state index in [9.17, 15) is 0 Å². The Morgan fingerprint density at radius 3 is 2.60 bits per heavy atom. The lowest BCUT2D eigenvalue weighted by Crippen LogP contribution is -2.42. The molecule has 2 aromatic rings. The van der Waals surface area contributed by atoms with Gasteiger partial charge in [-0.1, -0.05) is 12.1 Å². The lowest BCUT2D eigenvalue weighted by Gasteiger charge is -2.26. The van der Waals surface area contributed by atoms with Crippen molar-refractivity contribution in [3.63, 3.8) is 0 Å². The fraction of sp³-hybridized carbons (Fsp3) is 0.522. The summed E-state index contributed by atoms with van der Waals surface area (Å²) in [4.78, 5) is 7.24. The van der Waals surface area contributed by atoms with Gasteiger partial charge in [0.25, 0.3) is 0 Å². The summed E-state index contributed by atoms with van der Waals surface area (Å²) in [6.45, 7) is 7.60. The van der Waals surface area contributed by atoms with Crippen molar-refractivity contribution in [2.75, 3.05) is 46.5 Å². The Labute approximate surface area is 179 Å². The molecule has 1 aliphatic rings. The van der Waals surface area contributed by atoms with Crippen LogP contribution in [0.2, 0.25) is 0 Å². The van der Waals surface area contributed by atoms with Gasteiger partial charge in [0.15, 0.2) is 5.96 Å². The number of furan rings is 1. The van der Waals surface area contributed by atoms with Gasteiger partial charge in [-0.25, -0.2) is 4.99 Å². The number of aliphatic imine (C=N–C) groups is 1. The molecule has 2 heterocycles. The zero-order valence-electron chi connectivity index (χ0n) is 18.1. The number of benzene rings is 1. The molecule has 1 aromatic heterocycles. The smallest absolute Gasteiger partial charge is 0.191 e. The van der Waals surface area contributed by atoms with E-state index in [4.69, 9.17) is 18.9 Å². The zero-order valence-corrected chi connectivity index (χ0v) is 18.1. The van der Waals surface area contributed by atoms with Crippen molar-refractivity contribution in [1.82, 2.24) is 15.5 Å². The molecule has 7 nitrogen and oxygen atoms in total. The standard InChI is InChI=1S/C23H34N4O3/c1-3-24-23(25-17-19-8-10-20(11-9-19)29-16-15-28-2)26-18-21(22-7-6-14-30-22)27-12-4-5-13-27/h6-11,14,21H,3-5,12-13,15-18H2,1-2H3,(H2,24,25,26). The molecular weight excluding hydrogens is 380 g/mol. The van der Waals surface area contributed by atoms with Gasteiger partial charge in [-0.3, -0.25) is 4.90 Å². The van der Waals surface area contributed by atoms with Crippen LogP contribution in [0, 0.1) is 0 Å². The molecule has 1 aliphatic heterocycles. The van der Waals surface area contributed by atoms with E-state index in [0.29, 0.717) is 19.8 Å². The average molecular weight is 415 g/mol. The molecular formula is C23H34N4O3. The lowest BCUT2D eigenvalue weighted by atomic mass is 10.2. The number of methoxy groups -OCH3 is 1. The van der Waals surface area contributed by atoms with Gasteiger partial charge in [0.1, 0.15) is 18.1 Å². The number of nitrogens with zero attached hydrogens (tertiary/aromatic N) is 2. The lowest BCUT2D eigenvalue weighted by molar-refractivity contribution is 0.146. The minimum atomic E-state index is 0.217. The Morgan fingerprint density at radius 1 is 1.13 bits per heavy atom. The van der Waals surface area contributed by atoms with Crippen LogP contribution in [0.5, 0.6) is 5.75 Å². The van der Waals surface area contributed by atoms with E-state index in [1.807, 2.05) is 30.3 Å². The first-order valence-electron chi connectivity index (χ1n) is 10.8. The SMILES string of the molecule is CCNC(=NCc1ccc(OCCOC)cc1)NCC(c1ccco1)N1CCCC1. The van der Waals surface area contributed by atoms with Crippen molar-refractivity contribution in [2.45, 2.75) is 32.4 Å². The maximum Gasteiger partial charge on any atom is 0.191 e. The third-order valence-corrected chi connectivity index (χ3v) is 5.16. The van der Waals surface area contributed by atoms with E-state index >= 15 is 0 Å². The number of rotatable bonds is 11. The maximum absolute atomic E-state index is 5.71. The molecule has 3 rings (SSSR count). The number of guanidine groups is 1. The van der Waals surface area contributed by atoms with Crippen LogP contribution >= 0.6 is 0 Å². The summed E-state index contributed by atoms with van der Waals surface area (Å²) in [5.41, 5.74) is 1.13. The quantitative estimate of drug-likeness (QED) is 0.334. The minimum absolute atomic E-state index is 0.217. The Balaban J connectivity index is 1.57. The highest BCUT2D eigenvalue weighted by molar-refractivity contribution is 5.79. The van der Waals surface area contributed by atoms with Crippen LogP contribution in [0.1, 0.15) is 37.1 Å². The van der Waals surface area contributed by atoms with Crippen LogP contribution in [0.15, 0.2) is 52.1 Å². The summed E-state index contributed by atoms with van der Waals surface area (Å²) in [5, 5.41) is 6.84. The normalized spacial score (nSPS) is 15.9. The van der Waals surface area contributed by atoms with Crippen molar-refractivity contribution in [1.29, 1.82) is 0 Å². The first-order valence-corrected chi connectivity index (χ1v) is 10.8. The van der Waals surface area contributed by atoms with Crippen LogP contribution in [-0.2, 0) is 11.3 Å². The summed E-state index contributed by atoms with van der Waals surface area (Å²) in [7, 11) is 1.67. The highest BCUT2D eigenvalue weighted by atomic mass is 16.5. The number of hydrogen-bond donors (Lipinski definition) is 2. The van der Waals surface area contributed by atoms with Crippen LogP contribution in [-0.4, -0.2) is 57.4 Å². The molecule has 0 spiro atoms. The van der Waals surface area contributed by atoms with Crippen molar-refractivity contribution in [2.24, 2.45) is 4.99 Å². The van der Waals surface area contributed by atoms with Crippen molar-refractivity contribution < 1.29 is 13.9 Å². The third kappa shape index (κ3) is 6.78. The molecule has 164 valence electrons. The van der Waals surface area contributed by atoms with Crippen LogP contribution in [0.3, 0.4) is 0 Å². The monoisotopic (exact) mass is 414 g/mol. The number of nitrogens with one attached hydrogen (secondary N) is 2. The van der Waals surface area contributed by atoms with E-state index in [1.54, 1.807) is 13.4 Å². The fourth-order valence-corrected chi connectivity index (χ4v) is 3.58. The van der Waals surface area contributed by atoms with E-state index in [-0.39, 0.29) is 6.04 Å². The van der Waals surface area contributed by atoms with Gasteiger partial charge in [0, 0.05) is 20.2 Å². The molecule has 0 saturated carbocycles. The van der Waals surface area contributed by atoms with E-state index in [1.165, 1.54) is 12.8 Å². The predicted molar refractivity (Wildman–Crippen MR) is 119 cm³/mol. The summed E-state index contributed by atoms with van der Waals surface area (Å²) >= 11 is 0. The molecule has 2 N–H and O–H groups in total. The molecule has 1 saturated heterocycles. The highest BCUT2D eigenvalue weighted by Crippen LogP contribution is 2.24. The van der Waals surface area contributed by atoms with Crippen LogP contribution in [0.25, 0.3) is 0 Å². The summed E-state index contributed by atoms with van der Waals surface area (Å²) in [6, 6.07) is 12.3. The second-order valence-electron chi connectivity index (χ2n) is 7.34. The molecule has 30 heavy (non-hydrogen) atoms. The van der Waals surface area contributed by atoms with Crippen LogP contribution < -0.4 is 15.4 Å². The van der Waals surface area contributed by atoms with Gasteiger partial charge in [-0.15, -0.1) is 0 Å². The van der Waals surface area contributed by atoms with Crippen LogP contribution in [0.4, 0.5) is 0 Å². The number of hydrogen-bond acceptors (Lipinski definition) is 5. The Bertz CT molecular complexity index is 740. The van der Waals surface area contributed by atoms with E-state index in [0.717, 1.165) is 49.2 Å². The molecule has 7 heteroatoms. The average Bonchev–Trinajstić information content (AvgIpc) is 3.48. The molecule has 1 fully saturated rings. The zero-order chi connectivity index (χ0) is 21.0.